The second-order valence-electron chi connectivity index (χ2n) is 5.41. The maximum absolute atomic E-state index is 4.32. The van der Waals surface area contributed by atoms with Crippen LogP contribution in [-0.2, 0) is 12.5 Å². The number of hydrogen-bond donors (Lipinski definition) is 0. The summed E-state index contributed by atoms with van der Waals surface area (Å²) >= 11 is 0. The fraction of sp³-hybridized carbons (Fsp3) is 0.462. The molecule has 17 heavy (non-hydrogen) atoms. The molecule has 0 aliphatic rings. The van der Waals surface area contributed by atoms with Crippen LogP contribution < -0.4 is 0 Å². The molecule has 0 amide bonds. The Kier molecular flexibility index (Phi) is 2.73. The molecule has 0 spiro atoms. The van der Waals surface area contributed by atoms with Gasteiger partial charge in [-0.25, -0.2) is 0 Å². The molecule has 2 rings (SSSR count). The van der Waals surface area contributed by atoms with Crippen LogP contribution in [-0.4, -0.2) is 20.0 Å². The van der Waals surface area contributed by atoms with E-state index in [1.54, 1.807) is 4.68 Å². The van der Waals surface area contributed by atoms with Gasteiger partial charge in [-0.2, -0.15) is 10.2 Å². The zero-order valence-corrected chi connectivity index (χ0v) is 11.0. The third kappa shape index (κ3) is 2.35. The fourth-order valence-electron chi connectivity index (χ4n) is 1.68. The van der Waals surface area contributed by atoms with Crippen molar-refractivity contribution in [1.29, 1.82) is 0 Å². The number of aryl methyl sites for hydroxylation is 2. The quantitative estimate of drug-likeness (QED) is 0.756. The molecule has 0 bridgehead atoms. The van der Waals surface area contributed by atoms with E-state index in [1.807, 2.05) is 19.4 Å². The molecule has 0 N–H and O–H groups in total. The molecule has 0 radical (unpaired) electrons. The van der Waals surface area contributed by atoms with Crippen LogP contribution in [0.25, 0.3) is 11.3 Å². The van der Waals surface area contributed by atoms with E-state index in [0.29, 0.717) is 0 Å². The Hall–Kier alpha value is -1.71. The van der Waals surface area contributed by atoms with Crippen LogP contribution in [0.5, 0.6) is 0 Å². The molecule has 0 fully saturated rings. The molecule has 0 atom stereocenters. The molecular weight excluding hydrogens is 212 g/mol. The Morgan fingerprint density at radius 3 is 2.35 bits per heavy atom. The molecule has 0 aromatic carbocycles. The minimum absolute atomic E-state index is 0.0330. The summed E-state index contributed by atoms with van der Waals surface area (Å²) in [5.74, 6) is 0. The Balaban J connectivity index is 2.45. The van der Waals surface area contributed by atoms with E-state index in [-0.39, 0.29) is 5.41 Å². The molecule has 2 aromatic heterocycles. The summed E-state index contributed by atoms with van der Waals surface area (Å²) < 4.78 is 1.77. The molecule has 0 aliphatic heterocycles. The molecule has 2 heterocycles. The van der Waals surface area contributed by atoms with E-state index >= 15 is 0 Å². The molecule has 90 valence electrons. The maximum atomic E-state index is 4.32. The topological polar surface area (TPSA) is 43.6 Å². The van der Waals surface area contributed by atoms with Crippen molar-refractivity contribution in [3.63, 3.8) is 0 Å². The molecule has 4 nitrogen and oxygen atoms in total. The van der Waals surface area contributed by atoms with Gasteiger partial charge in [0.05, 0.1) is 17.6 Å². The van der Waals surface area contributed by atoms with Crippen molar-refractivity contribution in [2.75, 3.05) is 0 Å². The first kappa shape index (κ1) is 11.8. The van der Waals surface area contributed by atoms with Crippen LogP contribution in [0.15, 0.2) is 18.5 Å². The van der Waals surface area contributed by atoms with Gasteiger partial charge in [-0.1, -0.05) is 20.8 Å². The highest BCUT2D eigenvalue weighted by atomic mass is 15.2. The van der Waals surface area contributed by atoms with Crippen LogP contribution in [0.3, 0.4) is 0 Å². The van der Waals surface area contributed by atoms with Gasteiger partial charge in [0, 0.05) is 24.2 Å². The van der Waals surface area contributed by atoms with E-state index < -0.39 is 0 Å². The van der Waals surface area contributed by atoms with Gasteiger partial charge in [0.25, 0.3) is 0 Å². The SMILES string of the molecule is Cc1cc(C(C)(C)C)nnc1-c1cnn(C)c1. The number of hydrogen-bond acceptors (Lipinski definition) is 3. The van der Waals surface area contributed by atoms with E-state index in [2.05, 4.69) is 49.1 Å². The lowest BCUT2D eigenvalue weighted by Crippen LogP contribution is -2.15. The van der Waals surface area contributed by atoms with E-state index in [4.69, 9.17) is 0 Å². The van der Waals surface area contributed by atoms with Crippen LogP contribution in [0, 0.1) is 6.92 Å². The summed E-state index contributed by atoms with van der Waals surface area (Å²) in [6.07, 6.45) is 3.77. The molecular formula is C13H18N4. The number of nitrogens with zero attached hydrogens (tertiary/aromatic N) is 4. The largest absolute Gasteiger partial charge is 0.275 e. The van der Waals surface area contributed by atoms with Crippen molar-refractivity contribution in [2.24, 2.45) is 7.05 Å². The minimum atomic E-state index is 0.0330. The predicted molar refractivity (Wildman–Crippen MR) is 67.7 cm³/mol. The Labute approximate surface area is 102 Å². The van der Waals surface area contributed by atoms with Crippen LogP contribution in [0.1, 0.15) is 32.0 Å². The molecule has 4 heteroatoms. The van der Waals surface area contributed by atoms with Gasteiger partial charge in [-0.05, 0) is 18.6 Å². The van der Waals surface area contributed by atoms with Gasteiger partial charge in [0.15, 0.2) is 0 Å². The third-order valence-corrected chi connectivity index (χ3v) is 2.73. The van der Waals surface area contributed by atoms with Crippen LogP contribution in [0.4, 0.5) is 0 Å². The average molecular weight is 230 g/mol. The second-order valence-corrected chi connectivity index (χ2v) is 5.41. The smallest absolute Gasteiger partial charge is 0.0990 e. The number of aromatic nitrogens is 4. The number of rotatable bonds is 1. The molecule has 0 saturated carbocycles. The standard InChI is InChI=1S/C13H18N4/c1-9-6-11(13(2,3)4)15-16-12(9)10-7-14-17(5)8-10/h6-8H,1-5H3. The van der Waals surface area contributed by atoms with Crippen molar-refractivity contribution in [2.45, 2.75) is 33.1 Å². The van der Waals surface area contributed by atoms with E-state index in [0.717, 1.165) is 22.5 Å². The maximum Gasteiger partial charge on any atom is 0.0990 e. The van der Waals surface area contributed by atoms with Crippen molar-refractivity contribution in [3.8, 4) is 11.3 Å². The van der Waals surface area contributed by atoms with Gasteiger partial charge in [-0.15, -0.1) is 5.10 Å². The molecule has 0 unspecified atom stereocenters. The van der Waals surface area contributed by atoms with Crippen molar-refractivity contribution < 1.29 is 0 Å². The van der Waals surface area contributed by atoms with E-state index in [9.17, 15) is 0 Å². The van der Waals surface area contributed by atoms with Crippen molar-refractivity contribution >= 4 is 0 Å². The summed E-state index contributed by atoms with van der Waals surface area (Å²) in [5, 5.41) is 12.8. The Bertz CT molecular complexity index is 535. The normalized spacial score (nSPS) is 11.8. The predicted octanol–water partition coefficient (Wildman–Crippen LogP) is 2.48. The second kappa shape index (κ2) is 3.95. The molecule has 0 aliphatic carbocycles. The summed E-state index contributed by atoms with van der Waals surface area (Å²) in [6.45, 7) is 8.48. The van der Waals surface area contributed by atoms with Crippen LogP contribution >= 0.6 is 0 Å². The Morgan fingerprint density at radius 2 is 1.88 bits per heavy atom. The van der Waals surface area contributed by atoms with E-state index in [1.165, 1.54) is 0 Å². The Morgan fingerprint density at radius 1 is 1.18 bits per heavy atom. The van der Waals surface area contributed by atoms with Gasteiger partial charge in [0.2, 0.25) is 0 Å². The highest BCUT2D eigenvalue weighted by Gasteiger charge is 2.17. The van der Waals surface area contributed by atoms with Crippen molar-refractivity contribution in [3.05, 3.63) is 29.7 Å². The third-order valence-electron chi connectivity index (χ3n) is 2.73. The fourth-order valence-corrected chi connectivity index (χ4v) is 1.68. The summed E-state index contributed by atoms with van der Waals surface area (Å²) in [6, 6.07) is 2.11. The summed E-state index contributed by atoms with van der Waals surface area (Å²) in [5.41, 5.74) is 4.11. The van der Waals surface area contributed by atoms with Gasteiger partial charge in [0.1, 0.15) is 0 Å². The lowest BCUT2D eigenvalue weighted by atomic mass is 9.91. The first-order chi connectivity index (χ1) is 7.88. The van der Waals surface area contributed by atoms with Gasteiger partial charge >= 0.3 is 0 Å². The first-order valence-corrected chi connectivity index (χ1v) is 5.72. The zero-order chi connectivity index (χ0) is 12.6. The minimum Gasteiger partial charge on any atom is -0.275 e. The lowest BCUT2D eigenvalue weighted by molar-refractivity contribution is 0.558. The average Bonchev–Trinajstić information content (AvgIpc) is 2.63. The monoisotopic (exact) mass is 230 g/mol. The molecule has 2 aromatic rings. The van der Waals surface area contributed by atoms with Crippen molar-refractivity contribution in [1.82, 2.24) is 20.0 Å². The van der Waals surface area contributed by atoms with Crippen LogP contribution in [0.2, 0.25) is 0 Å². The van der Waals surface area contributed by atoms with Gasteiger partial charge in [-0.3, -0.25) is 4.68 Å². The van der Waals surface area contributed by atoms with Gasteiger partial charge < -0.3 is 0 Å². The molecule has 0 saturated heterocycles. The zero-order valence-electron chi connectivity index (χ0n) is 11.0. The highest BCUT2D eigenvalue weighted by Crippen LogP contribution is 2.24. The first-order valence-electron chi connectivity index (χ1n) is 5.72. The summed E-state index contributed by atoms with van der Waals surface area (Å²) in [7, 11) is 1.90. The highest BCUT2D eigenvalue weighted by molar-refractivity contribution is 5.60. The lowest BCUT2D eigenvalue weighted by Gasteiger charge is -2.17. The summed E-state index contributed by atoms with van der Waals surface area (Å²) in [4.78, 5) is 0.